The van der Waals surface area contributed by atoms with Crippen LogP contribution in [0.4, 0.5) is 68.6 Å². The maximum atomic E-state index is 7.51. The number of hydrogen-bond donors (Lipinski definition) is 0. The van der Waals surface area contributed by atoms with E-state index in [2.05, 4.69) is 458 Å². The molecule has 8 nitrogen and oxygen atoms in total. The summed E-state index contributed by atoms with van der Waals surface area (Å²) in [6.07, 6.45) is 8.89. The van der Waals surface area contributed by atoms with E-state index in [0.717, 1.165) is 132 Å². The van der Waals surface area contributed by atoms with Crippen LogP contribution in [0.15, 0.2) is 181 Å². The molecule has 13 heteroatoms. The number of anilines is 12. The van der Waals surface area contributed by atoms with Gasteiger partial charge in [0.2, 0.25) is 5.88 Å². The summed E-state index contributed by atoms with van der Waals surface area (Å²) >= 11 is 6.95. The van der Waals surface area contributed by atoms with Crippen molar-refractivity contribution in [2.24, 2.45) is 0 Å². The molecule has 0 N–H and O–H groups in total. The van der Waals surface area contributed by atoms with Crippen LogP contribution in [0.1, 0.15) is 331 Å². The predicted molar refractivity (Wildman–Crippen MR) is 560 cm³/mol. The van der Waals surface area contributed by atoms with Crippen LogP contribution >= 0.6 is 67.1 Å². The molecule has 652 valence electrons. The molecule has 0 saturated heterocycles. The van der Waals surface area contributed by atoms with E-state index in [9.17, 15) is 0 Å². The fraction of sp³-hybridized carbons (Fsp3) is 0.459. The maximum Gasteiger partial charge on any atom is 0.355 e. The van der Waals surface area contributed by atoms with Gasteiger partial charge in [0.15, 0.2) is 5.88 Å². The highest BCUT2D eigenvalue weighted by Gasteiger charge is 2.54. The van der Waals surface area contributed by atoms with Crippen molar-refractivity contribution in [3.05, 3.63) is 242 Å². The van der Waals surface area contributed by atoms with Gasteiger partial charge in [-0.15, -0.1) is 67.1 Å². The highest BCUT2D eigenvalue weighted by molar-refractivity contribution is 14.4. The second kappa shape index (κ2) is 31.4. The zero-order chi connectivity index (χ0) is 89.1. The lowest BCUT2D eigenvalue weighted by molar-refractivity contribution is 0.280. The van der Waals surface area contributed by atoms with Gasteiger partial charge in [0.1, 0.15) is 34.2 Å². The van der Waals surface area contributed by atoms with Crippen LogP contribution in [-0.2, 0) is 65.0 Å². The van der Waals surface area contributed by atoms with Gasteiger partial charge in [0.25, 0.3) is 6.71 Å². The third-order valence-electron chi connectivity index (χ3n) is 29.0. The van der Waals surface area contributed by atoms with Crippen LogP contribution in [0.25, 0.3) is 21.9 Å². The van der Waals surface area contributed by atoms with E-state index in [1.807, 2.05) is 0 Å². The van der Waals surface area contributed by atoms with Crippen LogP contribution in [0, 0.1) is 13.8 Å². The van der Waals surface area contributed by atoms with Gasteiger partial charge in [-0.1, -0.05) is 250 Å². The van der Waals surface area contributed by atoms with Crippen LogP contribution < -0.4 is 36.0 Å². The van der Waals surface area contributed by atoms with E-state index in [1.54, 1.807) is 0 Å². The molecule has 6 aliphatic rings. The Balaban J connectivity index is 0.000000183. The summed E-state index contributed by atoms with van der Waals surface area (Å²) in [6.45, 7) is 70.0. The molecular formula is C111H137B2I3N4O4. The lowest BCUT2D eigenvalue weighted by atomic mass is 9.32. The van der Waals surface area contributed by atoms with Crippen LogP contribution in [0.5, 0.6) is 0 Å². The van der Waals surface area contributed by atoms with Crippen molar-refractivity contribution < 1.29 is 17.7 Å². The molecule has 4 aromatic heterocycles. The minimum absolute atomic E-state index is 0. The average molecular weight is 1990 g/mol. The molecule has 6 heterocycles. The number of hydrogen-bond acceptors (Lipinski definition) is 8. The molecule has 0 bridgehead atoms. The quantitative estimate of drug-likeness (QED) is 0.110. The molecule has 0 radical (unpaired) electrons. The number of fused-ring (bicyclic) bond motifs is 13. The summed E-state index contributed by atoms with van der Waals surface area (Å²) in [5, 5.41) is 2.47. The van der Waals surface area contributed by atoms with Gasteiger partial charge in [-0.25, -0.2) is 0 Å². The van der Waals surface area contributed by atoms with Crippen molar-refractivity contribution in [3.63, 3.8) is 0 Å². The zero-order valence-corrected chi connectivity index (χ0v) is 85.9. The van der Waals surface area contributed by atoms with Gasteiger partial charge >= 0.3 is 0.282 Å². The molecule has 0 amide bonds. The zero-order valence-electron chi connectivity index (χ0n) is 79.5. The minimum atomic E-state index is -0.103. The first-order chi connectivity index (χ1) is 57.0. The Hall–Kier alpha value is -7.08. The van der Waals surface area contributed by atoms with Crippen molar-refractivity contribution in [2.75, 3.05) is 19.6 Å². The Bertz CT molecular complexity index is 6050. The fourth-order valence-electron chi connectivity index (χ4n) is 21.0. The number of halogens is 3. The van der Waals surface area contributed by atoms with E-state index >= 15 is 0 Å². The monoisotopic (exact) mass is 1990 g/mol. The lowest BCUT2D eigenvalue weighted by Crippen LogP contribution is -2.62. The summed E-state index contributed by atoms with van der Waals surface area (Å²) in [7, 11) is 0. The van der Waals surface area contributed by atoms with E-state index in [1.165, 1.54) is 106 Å². The Morgan fingerprint density at radius 2 is 0.694 bits per heavy atom. The van der Waals surface area contributed by atoms with Crippen molar-refractivity contribution in [1.82, 2.24) is 0 Å². The molecule has 18 rings (SSSR count). The molecular weight excluding hydrogens is 1860 g/mol. The van der Waals surface area contributed by atoms with E-state index in [-0.39, 0.29) is 79.1 Å². The number of furan rings is 4. The molecule has 8 aromatic carbocycles. The molecule has 12 aromatic rings. The third kappa shape index (κ3) is 16.4. The smallest absolute Gasteiger partial charge is 0.355 e. The summed E-state index contributed by atoms with van der Waals surface area (Å²) in [5.41, 5.74) is 30.4. The normalized spacial score (nSPS) is 18.2. The highest BCUT2D eigenvalue weighted by Crippen LogP contribution is 2.59. The molecule has 124 heavy (non-hydrogen) atoms. The Kier molecular flexibility index (Phi) is 23.2. The summed E-state index contributed by atoms with van der Waals surface area (Å²) in [6, 6.07) is 62.9. The Morgan fingerprint density at radius 3 is 1.15 bits per heavy atom. The topological polar surface area (TPSA) is 65.5 Å². The molecule has 0 fully saturated rings. The van der Waals surface area contributed by atoms with Gasteiger partial charge in [0.05, 0.1) is 5.69 Å². The summed E-state index contributed by atoms with van der Waals surface area (Å²) in [5.74, 6) is 6.37. The van der Waals surface area contributed by atoms with E-state index in [0.29, 0.717) is 0 Å². The van der Waals surface area contributed by atoms with Gasteiger partial charge in [0, 0.05) is 106 Å². The Morgan fingerprint density at radius 1 is 0.331 bits per heavy atom. The average Bonchev–Trinajstić information content (AvgIpc) is 1.46. The van der Waals surface area contributed by atoms with Crippen LogP contribution in [-0.4, -0.2) is 6.99 Å². The van der Waals surface area contributed by atoms with Gasteiger partial charge in [-0.2, -0.15) is 0 Å². The SMILES string of the molecule is C.Cc1cc(N(c2ccc(C(C)(C)C)cc2)c2ccc3oc4c(c3c2)C(C)(C)CCC4(C)C)cc(N(c2ccc(C(C)(C)C)cc2)c2cc3c(o2)C(C)(C)CCC3(C)C)c1.Cc1cc2c3c(c1)N(c1ccc(C(C)(C)C)cc1)c1oc4c(c1B3c1cc3oc5c(c3cc1N2c1ccc(C(C)(C)C)cc1)C(C)(C)CCC5(C)C)C(C)(C)CCC4(C)C.IB(I)I. The lowest BCUT2D eigenvalue weighted by Gasteiger charge is -2.44. The molecule has 0 unspecified atom stereocenters. The van der Waals surface area contributed by atoms with Crippen molar-refractivity contribution in [2.45, 2.75) is 331 Å². The second-order valence-corrected chi connectivity index (χ2v) is 57.5. The van der Waals surface area contributed by atoms with E-state index < -0.39 is 0 Å². The first-order valence-corrected chi connectivity index (χ1v) is 49.0. The van der Waals surface area contributed by atoms with Crippen LogP contribution in [0.2, 0.25) is 0 Å². The third-order valence-corrected chi connectivity index (χ3v) is 29.0. The number of benzene rings is 8. The second-order valence-electron chi connectivity index (χ2n) is 46.6. The standard InChI is InChI=1S/C55H65BN2O2.C55H68N2O2.CH4.BI3/c1-32-28-40-45-41(29-32)58(36-22-18-34(19-23-36)51(5,6)7)49-46(44-48(60-49)55(14,15)27-25-53(44,10)11)56(45)38-31-42-37(43-47(59-42)54(12,13)26-24-52(43,8)9)30-39(38)57(40)35-20-16-33(17-21-35)50(2,3)4;1-35-30-41(32-42(31-35)57(39-22-18-37(19-23-39)51(5,6)7)46-34-44-48(59-46)54(12,13)28-26-52(44,8)9)56(38-20-16-36(17-21-38)50(2,3)4)40-24-25-45-43(33-40)47-49(58-45)55(14,15)29-27-53(47,10)11;;2-1(3)4/h16-23,28-31H,24-27H2,1-15H3;16-25,30-34H,26-29H2,1-15H3;1H4;. The first kappa shape index (κ1) is 91.7. The van der Waals surface area contributed by atoms with Crippen molar-refractivity contribution >= 4 is 181 Å². The predicted octanol–water partition coefficient (Wildman–Crippen LogP) is 33.2. The van der Waals surface area contributed by atoms with Crippen molar-refractivity contribution in [1.29, 1.82) is 0 Å². The highest BCUT2D eigenvalue weighted by atomic mass is 127. The minimum Gasteiger partial charge on any atom is -0.460 e. The number of aryl methyl sites for hydroxylation is 2. The Labute approximate surface area is 785 Å². The fourth-order valence-corrected chi connectivity index (χ4v) is 21.0. The molecule has 4 aliphatic carbocycles. The molecule has 0 atom stereocenters. The number of rotatable bonds is 8. The van der Waals surface area contributed by atoms with Gasteiger partial charge in [-0.3, -0.25) is 9.80 Å². The number of nitrogens with zero attached hydrogens (tertiary/aromatic N) is 4. The first-order valence-electron chi connectivity index (χ1n) is 45.3. The van der Waals surface area contributed by atoms with Gasteiger partial charge in [-0.05, 0) is 273 Å². The molecule has 0 spiro atoms. The van der Waals surface area contributed by atoms with Crippen molar-refractivity contribution in [3.8, 4) is 0 Å². The van der Waals surface area contributed by atoms with Gasteiger partial charge < -0.3 is 27.5 Å². The molecule has 0 saturated carbocycles. The van der Waals surface area contributed by atoms with Crippen LogP contribution in [0.3, 0.4) is 0 Å². The maximum absolute atomic E-state index is 7.51. The summed E-state index contributed by atoms with van der Waals surface area (Å²) in [4.78, 5) is 9.82. The largest absolute Gasteiger partial charge is 0.460 e. The molecule has 2 aliphatic heterocycles. The van der Waals surface area contributed by atoms with E-state index in [4.69, 9.17) is 17.7 Å². The summed E-state index contributed by atoms with van der Waals surface area (Å²) < 4.78 is 29.3.